The number of piperidine rings is 1. The van der Waals surface area contributed by atoms with Gasteiger partial charge in [0.1, 0.15) is 0 Å². The molecule has 0 aromatic carbocycles. The fourth-order valence-electron chi connectivity index (χ4n) is 2.18. The van der Waals surface area contributed by atoms with Crippen LogP contribution in [-0.4, -0.2) is 35.8 Å². The van der Waals surface area contributed by atoms with Crippen molar-refractivity contribution in [3.63, 3.8) is 0 Å². The molecule has 1 aliphatic heterocycles. The first kappa shape index (κ1) is 11.5. The maximum atomic E-state index is 5.71. The molecule has 0 atom stereocenters. The SMILES string of the molecule is COC1(Cc2cnc(C)cn2)CCNCC1. The molecule has 4 heteroatoms. The van der Waals surface area contributed by atoms with E-state index in [1.807, 2.05) is 19.3 Å². The van der Waals surface area contributed by atoms with Crippen molar-refractivity contribution in [3.8, 4) is 0 Å². The molecule has 0 radical (unpaired) electrons. The summed E-state index contributed by atoms with van der Waals surface area (Å²) in [5, 5.41) is 3.35. The lowest BCUT2D eigenvalue weighted by Gasteiger charge is -2.36. The second kappa shape index (κ2) is 4.89. The van der Waals surface area contributed by atoms with E-state index in [2.05, 4.69) is 15.3 Å². The smallest absolute Gasteiger partial charge is 0.0758 e. The van der Waals surface area contributed by atoms with Crippen LogP contribution in [0.15, 0.2) is 12.4 Å². The molecule has 2 heterocycles. The van der Waals surface area contributed by atoms with Crippen molar-refractivity contribution < 1.29 is 4.74 Å². The van der Waals surface area contributed by atoms with Crippen LogP contribution in [0.2, 0.25) is 0 Å². The van der Waals surface area contributed by atoms with Gasteiger partial charge in [-0.3, -0.25) is 9.97 Å². The van der Waals surface area contributed by atoms with E-state index in [4.69, 9.17) is 4.74 Å². The number of aryl methyl sites for hydroxylation is 1. The van der Waals surface area contributed by atoms with Gasteiger partial charge in [0, 0.05) is 25.9 Å². The van der Waals surface area contributed by atoms with Crippen molar-refractivity contribution in [1.82, 2.24) is 15.3 Å². The number of hydrogen-bond acceptors (Lipinski definition) is 4. The van der Waals surface area contributed by atoms with E-state index >= 15 is 0 Å². The topological polar surface area (TPSA) is 47.0 Å². The summed E-state index contributed by atoms with van der Waals surface area (Å²) in [6.07, 6.45) is 6.62. The first-order valence-corrected chi connectivity index (χ1v) is 5.77. The van der Waals surface area contributed by atoms with Crippen LogP contribution in [0.1, 0.15) is 24.2 Å². The summed E-state index contributed by atoms with van der Waals surface area (Å²) in [6, 6.07) is 0. The molecule has 0 unspecified atom stereocenters. The Bertz CT molecular complexity index is 331. The summed E-state index contributed by atoms with van der Waals surface area (Å²) in [5.41, 5.74) is 1.93. The predicted octanol–water partition coefficient (Wildman–Crippen LogP) is 1.10. The molecule has 0 spiro atoms. The van der Waals surface area contributed by atoms with E-state index in [0.717, 1.165) is 43.7 Å². The zero-order valence-corrected chi connectivity index (χ0v) is 9.99. The fraction of sp³-hybridized carbons (Fsp3) is 0.667. The lowest BCUT2D eigenvalue weighted by molar-refractivity contribution is -0.0341. The highest BCUT2D eigenvalue weighted by Gasteiger charge is 2.32. The minimum atomic E-state index is -0.0464. The second-order valence-electron chi connectivity index (χ2n) is 4.46. The highest BCUT2D eigenvalue weighted by atomic mass is 16.5. The quantitative estimate of drug-likeness (QED) is 0.830. The van der Waals surface area contributed by atoms with Crippen molar-refractivity contribution in [2.45, 2.75) is 31.8 Å². The molecule has 0 amide bonds. The van der Waals surface area contributed by atoms with E-state index in [-0.39, 0.29) is 5.60 Å². The zero-order valence-electron chi connectivity index (χ0n) is 9.99. The molecule has 16 heavy (non-hydrogen) atoms. The van der Waals surface area contributed by atoms with E-state index in [1.165, 1.54) is 0 Å². The summed E-state index contributed by atoms with van der Waals surface area (Å²) < 4.78 is 5.71. The Labute approximate surface area is 96.4 Å². The maximum absolute atomic E-state index is 5.71. The Balaban J connectivity index is 2.08. The van der Waals surface area contributed by atoms with Crippen molar-refractivity contribution in [1.29, 1.82) is 0 Å². The van der Waals surface area contributed by atoms with Crippen LogP contribution >= 0.6 is 0 Å². The van der Waals surface area contributed by atoms with Gasteiger partial charge in [-0.05, 0) is 32.9 Å². The van der Waals surface area contributed by atoms with E-state index < -0.39 is 0 Å². The van der Waals surface area contributed by atoms with E-state index in [1.54, 1.807) is 7.11 Å². The molecule has 1 aliphatic rings. The highest BCUT2D eigenvalue weighted by molar-refractivity contribution is 5.06. The Kier molecular flexibility index (Phi) is 3.51. The van der Waals surface area contributed by atoms with Crippen LogP contribution < -0.4 is 5.32 Å². The molecule has 2 rings (SSSR count). The minimum Gasteiger partial charge on any atom is -0.378 e. The minimum absolute atomic E-state index is 0.0464. The van der Waals surface area contributed by atoms with E-state index in [9.17, 15) is 0 Å². The normalized spacial score (nSPS) is 19.6. The summed E-state index contributed by atoms with van der Waals surface area (Å²) in [4.78, 5) is 8.68. The monoisotopic (exact) mass is 221 g/mol. The van der Waals surface area contributed by atoms with Crippen LogP contribution in [0, 0.1) is 6.92 Å². The molecular formula is C12H19N3O. The highest BCUT2D eigenvalue weighted by Crippen LogP contribution is 2.26. The van der Waals surface area contributed by atoms with Crippen molar-refractivity contribution in [3.05, 3.63) is 23.8 Å². The second-order valence-corrected chi connectivity index (χ2v) is 4.46. The Morgan fingerprint density at radius 3 is 2.62 bits per heavy atom. The summed E-state index contributed by atoms with van der Waals surface area (Å²) in [5.74, 6) is 0. The third kappa shape index (κ3) is 2.57. The van der Waals surface area contributed by atoms with Gasteiger partial charge in [-0.1, -0.05) is 0 Å². The van der Waals surface area contributed by atoms with Gasteiger partial charge in [0.05, 0.1) is 17.0 Å². The molecule has 0 aliphatic carbocycles. The summed E-state index contributed by atoms with van der Waals surface area (Å²) in [6.45, 7) is 3.99. The average molecular weight is 221 g/mol. The third-order valence-corrected chi connectivity index (χ3v) is 3.29. The van der Waals surface area contributed by atoms with Gasteiger partial charge in [0.15, 0.2) is 0 Å². The molecule has 0 bridgehead atoms. The molecule has 1 N–H and O–H groups in total. The average Bonchev–Trinajstić information content (AvgIpc) is 2.33. The van der Waals surface area contributed by atoms with Crippen LogP contribution in [0.25, 0.3) is 0 Å². The van der Waals surface area contributed by atoms with Crippen LogP contribution in [-0.2, 0) is 11.2 Å². The predicted molar refractivity (Wildman–Crippen MR) is 62.3 cm³/mol. The molecule has 1 aromatic rings. The van der Waals surface area contributed by atoms with Crippen molar-refractivity contribution >= 4 is 0 Å². The molecular weight excluding hydrogens is 202 g/mol. The summed E-state index contributed by atoms with van der Waals surface area (Å²) >= 11 is 0. The molecule has 1 fully saturated rings. The summed E-state index contributed by atoms with van der Waals surface area (Å²) in [7, 11) is 1.80. The molecule has 88 valence electrons. The molecule has 4 nitrogen and oxygen atoms in total. The van der Waals surface area contributed by atoms with Crippen LogP contribution in [0.4, 0.5) is 0 Å². The Hall–Kier alpha value is -1.00. The van der Waals surface area contributed by atoms with Crippen molar-refractivity contribution in [2.24, 2.45) is 0 Å². The van der Waals surface area contributed by atoms with E-state index in [0.29, 0.717) is 0 Å². The molecule has 1 aromatic heterocycles. The fourth-order valence-corrected chi connectivity index (χ4v) is 2.18. The third-order valence-electron chi connectivity index (χ3n) is 3.29. The zero-order chi connectivity index (χ0) is 11.4. The van der Waals surface area contributed by atoms with Gasteiger partial charge < -0.3 is 10.1 Å². The number of rotatable bonds is 3. The van der Waals surface area contributed by atoms with Crippen molar-refractivity contribution in [2.75, 3.05) is 20.2 Å². The standard InChI is InChI=1S/C12H19N3O/c1-10-8-15-11(9-14-10)7-12(16-2)3-5-13-6-4-12/h8-9,13H,3-7H2,1-2H3. The first-order valence-electron chi connectivity index (χ1n) is 5.77. The van der Waals surface area contributed by atoms with Gasteiger partial charge in [-0.15, -0.1) is 0 Å². The number of ether oxygens (including phenoxy) is 1. The number of nitrogens with zero attached hydrogens (tertiary/aromatic N) is 2. The largest absolute Gasteiger partial charge is 0.378 e. The van der Waals surface area contributed by atoms with Crippen LogP contribution in [0.3, 0.4) is 0 Å². The van der Waals surface area contributed by atoms with Crippen LogP contribution in [0.5, 0.6) is 0 Å². The van der Waals surface area contributed by atoms with Gasteiger partial charge in [0.25, 0.3) is 0 Å². The maximum Gasteiger partial charge on any atom is 0.0758 e. The number of aromatic nitrogens is 2. The van der Waals surface area contributed by atoms with Gasteiger partial charge >= 0.3 is 0 Å². The lowest BCUT2D eigenvalue weighted by Crippen LogP contribution is -2.45. The molecule has 1 saturated heterocycles. The molecule has 0 saturated carbocycles. The first-order chi connectivity index (χ1) is 7.74. The Morgan fingerprint density at radius 2 is 2.06 bits per heavy atom. The lowest BCUT2D eigenvalue weighted by atomic mass is 9.87. The number of hydrogen-bond donors (Lipinski definition) is 1. The number of methoxy groups -OCH3 is 1. The van der Waals surface area contributed by atoms with Gasteiger partial charge in [0.2, 0.25) is 0 Å². The van der Waals surface area contributed by atoms with Gasteiger partial charge in [-0.25, -0.2) is 0 Å². The Morgan fingerprint density at radius 1 is 1.31 bits per heavy atom. The number of nitrogens with one attached hydrogen (secondary N) is 1. The van der Waals surface area contributed by atoms with Gasteiger partial charge in [-0.2, -0.15) is 0 Å².